The number of amides is 1. The predicted octanol–water partition coefficient (Wildman–Crippen LogP) is 4.65. The highest BCUT2D eigenvalue weighted by molar-refractivity contribution is 6.38. The standard InChI is InChI=1S/C18H12ClNO/c19-15-9-10-16-17-13(15)7-4-8-14(17)18(21)20(16)11-12-5-2-1-3-6-12/h1-10H,11H2. The van der Waals surface area contributed by atoms with Crippen molar-refractivity contribution in [1.82, 2.24) is 0 Å². The van der Waals surface area contributed by atoms with E-state index in [4.69, 9.17) is 11.6 Å². The fourth-order valence-corrected chi connectivity index (χ4v) is 3.15. The smallest absolute Gasteiger partial charge is 0.259 e. The molecule has 0 atom stereocenters. The molecule has 0 spiro atoms. The van der Waals surface area contributed by atoms with Crippen molar-refractivity contribution < 1.29 is 4.79 Å². The van der Waals surface area contributed by atoms with Gasteiger partial charge in [-0.2, -0.15) is 0 Å². The first-order chi connectivity index (χ1) is 10.3. The third-order valence-electron chi connectivity index (χ3n) is 3.92. The van der Waals surface area contributed by atoms with Crippen LogP contribution in [0.4, 0.5) is 5.69 Å². The minimum Gasteiger partial charge on any atom is -0.303 e. The zero-order valence-electron chi connectivity index (χ0n) is 11.2. The van der Waals surface area contributed by atoms with Crippen molar-refractivity contribution in [2.45, 2.75) is 6.54 Å². The molecule has 1 aliphatic heterocycles. The molecule has 0 saturated heterocycles. The molecule has 3 heteroatoms. The second-order valence-electron chi connectivity index (χ2n) is 5.17. The van der Waals surface area contributed by atoms with Gasteiger partial charge in [0.15, 0.2) is 0 Å². The summed E-state index contributed by atoms with van der Waals surface area (Å²) >= 11 is 6.25. The lowest BCUT2D eigenvalue weighted by atomic mass is 10.1. The lowest BCUT2D eigenvalue weighted by Gasteiger charge is -2.17. The Hall–Kier alpha value is -2.32. The van der Waals surface area contributed by atoms with E-state index in [9.17, 15) is 4.79 Å². The van der Waals surface area contributed by atoms with Gasteiger partial charge in [-0.1, -0.05) is 54.1 Å². The molecule has 21 heavy (non-hydrogen) atoms. The number of hydrogen-bond donors (Lipinski definition) is 0. The van der Waals surface area contributed by atoms with Gasteiger partial charge < -0.3 is 4.90 Å². The average molecular weight is 294 g/mol. The number of rotatable bonds is 2. The summed E-state index contributed by atoms with van der Waals surface area (Å²) < 4.78 is 0. The molecule has 4 rings (SSSR count). The minimum absolute atomic E-state index is 0.0433. The Morgan fingerprint density at radius 3 is 2.52 bits per heavy atom. The van der Waals surface area contributed by atoms with E-state index in [-0.39, 0.29) is 5.91 Å². The van der Waals surface area contributed by atoms with Crippen LogP contribution < -0.4 is 4.90 Å². The Morgan fingerprint density at radius 2 is 1.71 bits per heavy atom. The van der Waals surface area contributed by atoms with Crippen LogP contribution in [0.5, 0.6) is 0 Å². The third-order valence-corrected chi connectivity index (χ3v) is 4.24. The summed E-state index contributed by atoms with van der Waals surface area (Å²) in [5, 5.41) is 2.59. The van der Waals surface area contributed by atoms with E-state index in [0.717, 1.165) is 27.6 Å². The number of benzene rings is 3. The van der Waals surface area contributed by atoms with E-state index in [0.29, 0.717) is 11.6 Å². The van der Waals surface area contributed by atoms with Crippen molar-refractivity contribution in [1.29, 1.82) is 0 Å². The van der Waals surface area contributed by atoms with E-state index in [1.807, 2.05) is 65.6 Å². The van der Waals surface area contributed by atoms with Crippen LogP contribution in [-0.2, 0) is 6.54 Å². The van der Waals surface area contributed by atoms with E-state index >= 15 is 0 Å². The summed E-state index contributed by atoms with van der Waals surface area (Å²) in [6.07, 6.45) is 0. The normalized spacial score (nSPS) is 13.2. The van der Waals surface area contributed by atoms with Gasteiger partial charge in [0.25, 0.3) is 5.91 Å². The van der Waals surface area contributed by atoms with Crippen LogP contribution in [0.1, 0.15) is 15.9 Å². The molecule has 3 aromatic carbocycles. The first kappa shape index (κ1) is 12.4. The van der Waals surface area contributed by atoms with Gasteiger partial charge in [0.2, 0.25) is 0 Å². The van der Waals surface area contributed by atoms with Crippen molar-refractivity contribution in [3.05, 3.63) is 76.8 Å². The van der Waals surface area contributed by atoms with Gasteiger partial charge in [-0.25, -0.2) is 0 Å². The molecule has 1 heterocycles. The Labute approximate surface area is 127 Å². The molecule has 0 saturated carbocycles. The van der Waals surface area contributed by atoms with Gasteiger partial charge in [-0.3, -0.25) is 4.79 Å². The Kier molecular flexibility index (Phi) is 2.72. The summed E-state index contributed by atoms with van der Waals surface area (Å²) in [6, 6.07) is 19.5. The van der Waals surface area contributed by atoms with E-state index in [1.165, 1.54) is 0 Å². The van der Waals surface area contributed by atoms with Crippen LogP contribution in [0.25, 0.3) is 10.8 Å². The van der Waals surface area contributed by atoms with Gasteiger partial charge in [0.05, 0.1) is 12.2 Å². The number of carbonyl (C=O) groups excluding carboxylic acids is 1. The Balaban J connectivity index is 1.88. The molecular formula is C18H12ClNO. The van der Waals surface area contributed by atoms with Crippen LogP contribution in [0.15, 0.2) is 60.7 Å². The monoisotopic (exact) mass is 293 g/mol. The molecule has 1 aliphatic rings. The maximum atomic E-state index is 12.7. The zero-order valence-corrected chi connectivity index (χ0v) is 12.0. The summed E-state index contributed by atoms with van der Waals surface area (Å²) in [5.41, 5.74) is 2.79. The Bertz CT molecular complexity index is 858. The molecule has 0 bridgehead atoms. The van der Waals surface area contributed by atoms with E-state index < -0.39 is 0 Å². The second-order valence-corrected chi connectivity index (χ2v) is 5.58. The molecule has 0 fully saturated rings. The summed E-state index contributed by atoms with van der Waals surface area (Å²) in [5.74, 6) is 0.0433. The lowest BCUT2D eigenvalue weighted by Crippen LogP contribution is -2.25. The van der Waals surface area contributed by atoms with Crippen LogP contribution in [0.2, 0.25) is 5.02 Å². The molecule has 3 aromatic rings. The first-order valence-corrected chi connectivity index (χ1v) is 7.20. The molecule has 0 N–H and O–H groups in total. The summed E-state index contributed by atoms with van der Waals surface area (Å²) in [7, 11) is 0. The number of carbonyl (C=O) groups is 1. The topological polar surface area (TPSA) is 20.3 Å². The molecular weight excluding hydrogens is 282 g/mol. The van der Waals surface area contributed by atoms with Crippen LogP contribution in [-0.4, -0.2) is 5.91 Å². The van der Waals surface area contributed by atoms with Gasteiger partial charge in [-0.15, -0.1) is 0 Å². The predicted molar refractivity (Wildman–Crippen MR) is 85.9 cm³/mol. The maximum Gasteiger partial charge on any atom is 0.259 e. The molecule has 0 aromatic heterocycles. The lowest BCUT2D eigenvalue weighted by molar-refractivity contribution is 0.0991. The largest absolute Gasteiger partial charge is 0.303 e. The molecule has 0 aliphatic carbocycles. The molecule has 102 valence electrons. The van der Waals surface area contributed by atoms with E-state index in [2.05, 4.69) is 0 Å². The second kappa shape index (κ2) is 4.61. The fraction of sp³-hybridized carbons (Fsp3) is 0.0556. The highest BCUT2D eigenvalue weighted by atomic mass is 35.5. The average Bonchev–Trinajstić information content (AvgIpc) is 2.79. The number of anilines is 1. The molecule has 1 amide bonds. The van der Waals surface area contributed by atoms with Crippen LogP contribution in [0.3, 0.4) is 0 Å². The number of halogens is 1. The third kappa shape index (κ3) is 1.83. The zero-order chi connectivity index (χ0) is 14.4. The first-order valence-electron chi connectivity index (χ1n) is 6.83. The Morgan fingerprint density at radius 1 is 0.905 bits per heavy atom. The van der Waals surface area contributed by atoms with Gasteiger partial charge in [0, 0.05) is 21.4 Å². The highest BCUT2D eigenvalue weighted by Gasteiger charge is 2.30. The van der Waals surface area contributed by atoms with Gasteiger partial charge >= 0.3 is 0 Å². The SMILES string of the molecule is O=C1c2cccc3c(Cl)ccc(c23)N1Cc1ccccc1. The molecule has 0 unspecified atom stereocenters. The fourth-order valence-electron chi connectivity index (χ4n) is 2.93. The summed E-state index contributed by atoms with van der Waals surface area (Å²) in [4.78, 5) is 14.5. The molecule has 2 nitrogen and oxygen atoms in total. The maximum absolute atomic E-state index is 12.7. The summed E-state index contributed by atoms with van der Waals surface area (Å²) in [6.45, 7) is 0.574. The van der Waals surface area contributed by atoms with Crippen molar-refractivity contribution in [2.24, 2.45) is 0 Å². The minimum atomic E-state index is 0.0433. The van der Waals surface area contributed by atoms with Crippen LogP contribution >= 0.6 is 11.6 Å². The van der Waals surface area contributed by atoms with E-state index in [1.54, 1.807) is 0 Å². The van der Waals surface area contributed by atoms with Crippen molar-refractivity contribution in [3.63, 3.8) is 0 Å². The highest BCUT2D eigenvalue weighted by Crippen LogP contribution is 2.40. The van der Waals surface area contributed by atoms with Crippen molar-refractivity contribution in [2.75, 3.05) is 4.90 Å². The quantitative estimate of drug-likeness (QED) is 0.673. The van der Waals surface area contributed by atoms with Gasteiger partial charge in [0.1, 0.15) is 0 Å². The van der Waals surface area contributed by atoms with Gasteiger partial charge in [-0.05, 0) is 23.8 Å². The number of hydrogen-bond acceptors (Lipinski definition) is 1. The number of nitrogens with zero attached hydrogens (tertiary/aromatic N) is 1. The van der Waals surface area contributed by atoms with Crippen molar-refractivity contribution >= 4 is 34.0 Å². The molecule has 0 radical (unpaired) electrons. The van der Waals surface area contributed by atoms with Crippen LogP contribution in [0, 0.1) is 0 Å². The van der Waals surface area contributed by atoms with Crippen molar-refractivity contribution in [3.8, 4) is 0 Å².